The largest absolute Gasteiger partial charge is 0.377 e. The molecule has 0 saturated carbocycles. The number of nitrogens with zero attached hydrogens (tertiary/aromatic N) is 1. The molecule has 2 amide bonds. The maximum atomic E-state index is 12.2. The van der Waals surface area contributed by atoms with Crippen LogP contribution in [0.2, 0.25) is 0 Å². The van der Waals surface area contributed by atoms with Gasteiger partial charge in [0, 0.05) is 26.5 Å². The quantitative estimate of drug-likeness (QED) is 0.863. The fourth-order valence-corrected chi connectivity index (χ4v) is 2.34. The standard InChI is InChI=1S/C14H21N3O3/c1-19-12-8-17(9-13(12)20-2)14(18)16-11-5-3-4-10(6-11)7-15/h3-6,12-13H,7-9,15H2,1-2H3,(H,16,18). The molecular formula is C14H21N3O3. The van der Waals surface area contributed by atoms with Gasteiger partial charge in [-0.15, -0.1) is 0 Å². The van der Waals surface area contributed by atoms with Crippen molar-refractivity contribution in [3.63, 3.8) is 0 Å². The Balaban J connectivity index is 1.98. The van der Waals surface area contributed by atoms with Crippen molar-refractivity contribution in [1.82, 2.24) is 4.90 Å². The number of hydrogen-bond acceptors (Lipinski definition) is 4. The first kappa shape index (κ1) is 14.8. The summed E-state index contributed by atoms with van der Waals surface area (Å²) >= 11 is 0. The summed E-state index contributed by atoms with van der Waals surface area (Å²) in [7, 11) is 3.26. The van der Waals surface area contributed by atoms with E-state index in [1.54, 1.807) is 19.1 Å². The van der Waals surface area contributed by atoms with Crippen LogP contribution in [0.15, 0.2) is 24.3 Å². The van der Waals surface area contributed by atoms with Gasteiger partial charge < -0.3 is 25.4 Å². The number of ether oxygens (including phenoxy) is 2. The van der Waals surface area contributed by atoms with E-state index in [1.165, 1.54) is 0 Å². The van der Waals surface area contributed by atoms with Gasteiger partial charge in [0.05, 0.1) is 13.1 Å². The normalized spacial score (nSPS) is 22.1. The van der Waals surface area contributed by atoms with Gasteiger partial charge in [0.25, 0.3) is 0 Å². The topological polar surface area (TPSA) is 76.8 Å². The fraction of sp³-hybridized carbons (Fsp3) is 0.500. The zero-order chi connectivity index (χ0) is 14.5. The number of nitrogens with one attached hydrogen (secondary N) is 1. The Morgan fingerprint density at radius 1 is 1.35 bits per heavy atom. The monoisotopic (exact) mass is 279 g/mol. The van der Waals surface area contributed by atoms with Crippen molar-refractivity contribution < 1.29 is 14.3 Å². The van der Waals surface area contributed by atoms with Crippen molar-refractivity contribution in [3.05, 3.63) is 29.8 Å². The summed E-state index contributed by atoms with van der Waals surface area (Å²) in [5.74, 6) is 0. The highest BCUT2D eigenvalue weighted by atomic mass is 16.5. The van der Waals surface area contributed by atoms with E-state index in [2.05, 4.69) is 5.32 Å². The Bertz CT molecular complexity index is 455. The van der Waals surface area contributed by atoms with Crippen molar-refractivity contribution in [2.24, 2.45) is 5.73 Å². The lowest BCUT2D eigenvalue weighted by atomic mass is 10.2. The Morgan fingerprint density at radius 2 is 2.00 bits per heavy atom. The molecule has 1 fully saturated rings. The van der Waals surface area contributed by atoms with E-state index in [-0.39, 0.29) is 18.2 Å². The van der Waals surface area contributed by atoms with Crippen LogP contribution in [0.5, 0.6) is 0 Å². The van der Waals surface area contributed by atoms with E-state index >= 15 is 0 Å². The summed E-state index contributed by atoms with van der Waals surface area (Å²) in [6, 6.07) is 7.36. The van der Waals surface area contributed by atoms with Gasteiger partial charge in [0.1, 0.15) is 12.2 Å². The van der Waals surface area contributed by atoms with Gasteiger partial charge in [-0.05, 0) is 17.7 Å². The molecule has 110 valence electrons. The number of urea groups is 1. The lowest BCUT2D eigenvalue weighted by Gasteiger charge is -2.17. The molecule has 1 aromatic rings. The summed E-state index contributed by atoms with van der Waals surface area (Å²) < 4.78 is 10.6. The number of rotatable bonds is 4. The highest BCUT2D eigenvalue weighted by molar-refractivity contribution is 5.89. The zero-order valence-corrected chi connectivity index (χ0v) is 11.8. The first-order valence-corrected chi connectivity index (χ1v) is 6.58. The predicted octanol–water partition coefficient (Wildman–Crippen LogP) is 1.02. The Hall–Kier alpha value is -1.63. The number of likely N-dealkylation sites (tertiary alicyclic amines) is 1. The molecule has 6 heteroatoms. The summed E-state index contributed by atoms with van der Waals surface area (Å²) in [4.78, 5) is 13.9. The minimum absolute atomic E-state index is 0.0823. The van der Waals surface area contributed by atoms with Gasteiger partial charge in [-0.2, -0.15) is 0 Å². The SMILES string of the molecule is COC1CN(C(=O)Nc2cccc(CN)c2)CC1OC. The van der Waals surface area contributed by atoms with Crippen LogP contribution in [0.4, 0.5) is 10.5 Å². The molecule has 0 spiro atoms. The van der Waals surface area contributed by atoms with Crippen molar-refractivity contribution in [2.75, 3.05) is 32.6 Å². The van der Waals surface area contributed by atoms with Crippen molar-refractivity contribution in [1.29, 1.82) is 0 Å². The van der Waals surface area contributed by atoms with Gasteiger partial charge in [-0.25, -0.2) is 4.79 Å². The van der Waals surface area contributed by atoms with E-state index in [1.807, 2.05) is 24.3 Å². The molecule has 1 saturated heterocycles. The van der Waals surface area contributed by atoms with E-state index < -0.39 is 0 Å². The molecule has 0 aliphatic carbocycles. The van der Waals surface area contributed by atoms with Crippen molar-refractivity contribution in [3.8, 4) is 0 Å². The van der Waals surface area contributed by atoms with Crippen LogP contribution < -0.4 is 11.1 Å². The molecule has 0 bridgehead atoms. The lowest BCUT2D eigenvalue weighted by Crippen LogP contribution is -2.34. The molecular weight excluding hydrogens is 258 g/mol. The van der Waals surface area contributed by atoms with Crippen LogP contribution in [-0.4, -0.2) is 50.4 Å². The number of benzene rings is 1. The number of carbonyl (C=O) groups is 1. The third-order valence-corrected chi connectivity index (χ3v) is 3.52. The van der Waals surface area contributed by atoms with Gasteiger partial charge in [-0.3, -0.25) is 0 Å². The maximum absolute atomic E-state index is 12.2. The second-order valence-electron chi connectivity index (χ2n) is 4.79. The third kappa shape index (κ3) is 3.27. The van der Waals surface area contributed by atoms with Crippen molar-refractivity contribution >= 4 is 11.7 Å². The third-order valence-electron chi connectivity index (χ3n) is 3.52. The van der Waals surface area contributed by atoms with E-state index in [4.69, 9.17) is 15.2 Å². The second kappa shape index (κ2) is 6.69. The summed E-state index contributed by atoms with van der Waals surface area (Å²) in [5.41, 5.74) is 7.31. The van der Waals surface area contributed by atoms with E-state index in [0.29, 0.717) is 19.6 Å². The van der Waals surface area contributed by atoms with Crippen LogP contribution in [0.1, 0.15) is 5.56 Å². The smallest absolute Gasteiger partial charge is 0.322 e. The van der Waals surface area contributed by atoms with E-state index in [0.717, 1.165) is 11.3 Å². The minimum atomic E-state index is -0.152. The second-order valence-corrected chi connectivity index (χ2v) is 4.79. The van der Waals surface area contributed by atoms with Gasteiger partial charge in [0.15, 0.2) is 0 Å². The molecule has 0 aromatic heterocycles. The molecule has 6 nitrogen and oxygen atoms in total. The molecule has 3 N–H and O–H groups in total. The number of anilines is 1. The van der Waals surface area contributed by atoms with Gasteiger partial charge >= 0.3 is 6.03 Å². The number of methoxy groups -OCH3 is 2. The Kier molecular flexibility index (Phi) is 4.94. The highest BCUT2D eigenvalue weighted by Gasteiger charge is 2.35. The summed E-state index contributed by atoms with van der Waals surface area (Å²) in [5, 5.41) is 2.87. The highest BCUT2D eigenvalue weighted by Crippen LogP contribution is 2.18. The first-order valence-electron chi connectivity index (χ1n) is 6.58. The van der Waals surface area contributed by atoms with Gasteiger partial charge in [0.2, 0.25) is 0 Å². The van der Waals surface area contributed by atoms with Crippen LogP contribution in [0.25, 0.3) is 0 Å². The molecule has 1 aromatic carbocycles. The average molecular weight is 279 g/mol. The zero-order valence-electron chi connectivity index (χ0n) is 11.8. The molecule has 1 aliphatic heterocycles. The lowest BCUT2D eigenvalue weighted by molar-refractivity contribution is -0.00461. The number of amides is 2. The molecule has 1 heterocycles. The van der Waals surface area contributed by atoms with Crippen LogP contribution >= 0.6 is 0 Å². The predicted molar refractivity (Wildman–Crippen MR) is 76.5 cm³/mol. The van der Waals surface area contributed by atoms with Crippen molar-refractivity contribution in [2.45, 2.75) is 18.8 Å². The van der Waals surface area contributed by atoms with E-state index in [9.17, 15) is 4.79 Å². The molecule has 2 atom stereocenters. The van der Waals surface area contributed by atoms with Crippen LogP contribution in [-0.2, 0) is 16.0 Å². The van der Waals surface area contributed by atoms with Crippen LogP contribution in [0, 0.1) is 0 Å². The fourth-order valence-electron chi connectivity index (χ4n) is 2.34. The number of nitrogens with two attached hydrogens (primary N) is 1. The Morgan fingerprint density at radius 3 is 2.55 bits per heavy atom. The summed E-state index contributed by atoms with van der Waals surface area (Å²) in [6.07, 6.45) is -0.165. The molecule has 0 radical (unpaired) electrons. The average Bonchev–Trinajstić information content (AvgIpc) is 2.90. The van der Waals surface area contributed by atoms with Gasteiger partial charge in [-0.1, -0.05) is 12.1 Å². The number of hydrogen-bond donors (Lipinski definition) is 2. The molecule has 20 heavy (non-hydrogen) atoms. The minimum Gasteiger partial charge on any atom is -0.377 e. The maximum Gasteiger partial charge on any atom is 0.322 e. The first-order chi connectivity index (χ1) is 9.67. The molecule has 2 rings (SSSR count). The Labute approximate surface area is 118 Å². The molecule has 1 aliphatic rings. The molecule has 2 unspecified atom stereocenters. The summed E-state index contributed by atoms with van der Waals surface area (Å²) in [6.45, 7) is 1.50. The van der Waals surface area contributed by atoms with Crippen LogP contribution in [0.3, 0.4) is 0 Å². The number of carbonyl (C=O) groups excluding carboxylic acids is 1.